The highest BCUT2D eigenvalue weighted by atomic mass is 15.2. The van der Waals surface area contributed by atoms with Crippen LogP contribution in [0.1, 0.15) is 44.7 Å². The van der Waals surface area contributed by atoms with Gasteiger partial charge >= 0.3 is 0 Å². The van der Waals surface area contributed by atoms with Crippen molar-refractivity contribution in [3.05, 3.63) is 35.9 Å². The number of guanidine groups is 1. The normalized spacial score (nSPS) is 18.7. The molecule has 1 heterocycles. The molecule has 0 amide bonds. The molecule has 1 aliphatic heterocycles. The van der Waals surface area contributed by atoms with Crippen LogP contribution in [0.5, 0.6) is 0 Å². The molecule has 1 aromatic rings. The Morgan fingerprint density at radius 1 is 1.26 bits per heavy atom. The van der Waals surface area contributed by atoms with Gasteiger partial charge in [0.1, 0.15) is 0 Å². The third-order valence-corrected chi connectivity index (χ3v) is 4.64. The molecule has 1 saturated heterocycles. The second-order valence-electron chi connectivity index (χ2n) is 6.57. The Morgan fingerprint density at radius 2 is 1.96 bits per heavy atom. The minimum absolute atomic E-state index is 0.261. The Bertz CT molecular complexity index is 464. The number of benzene rings is 1. The van der Waals surface area contributed by atoms with Crippen LogP contribution in [0.2, 0.25) is 0 Å². The van der Waals surface area contributed by atoms with Crippen molar-refractivity contribution in [1.82, 2.24) is 15.5 Å². The molecule has 0 aliphatic carbocycles. The molecule has 0 saturated carbocycles. The first kappa shape index (κ1) is 17.8. The predicted molar refractivity (Wildman–Crippen MR) is 98.8 cm³/mol. The SMILES string of the molecule is CCNC(=NCCC1CCN(C)CC1)NC(C)c1ccccc1. The van der Waals surface area contributed by atoms with Crippen LogP contribution in [-0.4, -0.2) is 44.1 Å². The van der Waals surface area contributed by atoms with Crippen LogP contribution < -0.4 is 10.6 Å². The summed E-state index contributed by atoms with van der Waals surface area (Å²) in [5.74, 6) is 1.76. The zero-order valence-corrected chi connectivity index (χ0v) is 14.9. The van der Waals surface area contributed by atoms with E-state index in [-0.39, 0.29) is 6.04 Å². The van der Waals surface area contributed by atoms with Crippen LogP contribution in [0.3, 0.4) is 0 Å². The van der Waals surface area contributed by atoms with E-state index in [1.165, 1.54) is 37.9 Å². The van der Waals surface area contributed by atoms with Crippen molar-refractivity contribution in [1.29, 1.82) is 0 Å². The fourth-order valence-electron chi connectivity index (χ4n) is 3.06. The number of aliphatic imine (C=N–C) groups is 1. The molecule has 23 heavy (non-hydrogen) atoms. The number of nitrogens with one attached hydrogen (secondary N) is 2. The second kappa shape index (κ2) is 9.56. The minimum Gasteiger partial charge on any atom is -0.357 e. The van der Waals surface area contributed by atoms with Crippen LogP contribution in [-0.2, 0) is 0 Å². The van der Waals surface area contributed by atoms with Gasteiger partial charge in [0.2, 0.25) is 0 Å². The molecule has 1 atom stereocenters. The topological polar surface area (TPSA) is 39.7 Å². The van der Waals surface area contributed by atoms with Gasteiger partial charge in [-0.25, -0.2) is 0 Å². The van der Waals surface area contributed by atoms with Crippen molar-refractivity contribution in [2.45, 2.75) is 39.2 Å². The zero-order valence-electron chi connectivity index (χ0n) is 14.9. The quantitative estimate of drug-likeness (QED) is 0.626. The summed E-state index contributed by atoms with van der Waals surface area (Å²) in [5.41, 5.74) is 1.29. The Balaban J connectivity index is 1.82. The number of rotatable bonds is 6. The first-order valence-corrected chi connectivity index (χ1v) is 8.97. The van der Waals surface area contributed by atoms with E-state index in [0.717, 1.165) is 25.0 Å². The monoisotopic (exact) mass is 316 g/mol. The maximum atomic E-state index is 4.77. The molecule has 2 N–H and O–H groups in total. The van der Waals surface area contributed by atoms with Gasteiger partial charge in [-0.15, -0.1) is 0 Å². The summed E-state index contributed by atoms with van der Waals surface area (Å²) in [7, 11) is 2.21. The molecule has 4 nitrogen and oxygen atoms in total. The van der Waals surface area contributed by atoms with E-state index >= 15 is 0 Å². The Morgan fingerprint density at radius 3 is 2.61 bits per heavy atom. The van der Waals surface area contributed by atoms with Crippen molar-refractivity contribution in [2.24, 2.45) is 10.9 Å². The van der Waals surface area contributed by atoms with E-state index < -0.39 is 0 Å². The Labute approximate surface area is 141 Å². The van der Waals surface area contributed by atoms with Crippen molar-refractivity contribution in [3.63, 3.8) is 0 Å². The lowest BCUT2D eigenvalue weighted by atomic mass is 9.94. The molecule has 0 radical (unpaired) electrons. The summed E-state index contributed by atoms with van der Waals surface area (Å²) < 4.78 is 0. The van der Waals surface area contributed by atoms with E-state index in [1.54, 1.807) is 0 Å². The van der Waals surface area contributed by atoms with Crippen LogP contribution in [0, 0.1) is 5.92 Å². The summed E-state index contributed by atoms with van der Waals surface area (Å²) >= 11 is 0. The van der Waals surface area contributed by atoms with E-state index in [1.807, 2.05) is 0 Å². The van der Waals surface area contributed by atoms with Crippen LogP contribution in [0.15, 0.2) is 35.3 Å². The third kappa shape index (κ3) is 6.22. The lowest BCUT2D eigenvalue weighted by Gasteiger charge is -2.28. The molecule has 1 unspecified atom stereocenters. The van der Waals surface area contributed by atoms with Gasteiger partial charge in [0.05, 0.1) is 6.04 Å². The van der Waals surface area contributed by atoms with E-state index in [4.69, 9.17) is 4.99 Å². The first-order chi connectivity index (χ1) is 11.2. The predicted octanol–water partition coefficient (Wildman–Crippen LogP) is 3.03. The highest BCUT2D eigenvalue weighted by molar-refractivity contribution is 5.80. The van der Waals surface area contributed by atoms with E-state index in [0.29, 0.717) is 0 Å². The van der Waals surface area contributed by atoms with Crippen molar-refractivity contribution in [2.75, 3.05) is 33.2 Å². The molecule has 2 rings (SSSR count). The number of piperidine rings is 1. The van der Waals surface area contributed by atoms with Gasteiger partial charge in [-0.1, -0.05) is 30.3 Å². The average Bonchev–Trinajstić information content (AvgIpc) is 2.57. The molecular weight excluding hydrogens is 284 g/mol. The summed E-state index contributed by atoms with van der Waals surface area (Å²) in [6.45, 7) is 8.56. The van der Waals surface area contributed by atoms with Crippen LogP contribution in [0.25, 0.3) is 0 Å². The second-order valence-corrected chi connectivity index (χ2v) is 6.57. The van der Waals surface area contributed by atoms with Gasteiger partial charge in [0.25, 0.3) is 0 Å². The number of hydrogen-bond donors (Lipinski definition) is 2. The van der Waals surface area contributed by atoms with Crippen molar-refractivity contribution in [3.8, 4) is 0 Å². The lowest BCUT2D eigenvalue weighted by molar-refractivity contribution is 0.214. The molecule has 1 fully saturated rings. The average molecular weight is 316 g/mol. The lowest BCUT2D eigenvalue weighted by Crippen LogP contribution is -2.39. The van der Waals surface area contributed by atoms with Gasteiger partial charge in [-0.05, 0) is 64.7 Å². The van der Waals surface area contributed by atoms with Crippen molar-refractivity contribution < 1.29 is 0 Å². The maximum Gasteiger partial charge on any atom is 0.191 e. The van der Waals surface area contributed by atoms with Crippen LogP contribution in [0.4, 0.5) is 0 Å². The smallest absolute Gasteiger partial charge is 0.191 e. The largest absolute Gasteiger partial charge is 0.357 e. The van der Waals surface area contributed by atoms with Gasteiger partial charge in [0, 0.05) is 13.1 Å². The zero-order chi connectivity index (χ0) is 16.5. The summed E-state index contributed by atoms with van der Waals surface area (Å²) in [6.07, 6.45) is 3.83. The molecule has 4 heteroatoms. The van der Waals surface area contributed by atoms with Gasteiger partial charge in [-0.2, -0.15) is 0 Å². The fraction of sp³-hybridized carbons (Fsp3) is 0.632. The van der Waals surface area contributed by atoms with E-state index in [2.05, 4.69) is 66.8 Å². The first-order valence-electron chi connectivity index (χ1n) is 8.97. The summed E-state index contributed by atoms with van der Waals surface area (Å²) in [5, 5.41) is 6.87. The molecule has 1 aromatic carbocycles. The summed E-state index contributed by atoms with van der Waals surface area (Å²) in [4.78, 5) is 7.20. The number of hydrogen-bond acceptors (Lipinski definition) is 2. The van der Waals surface area contributed by atoms with Gasteiger partial charge < -0.3 is 15.5 Å². The Kier molecular flexibility index (Phi) is 7.40. The molecule has 128 valence electrons. The standard InChI is InChI=1S/C19H32N4/c1-4-20-19(22-16(2)18-8-6-5-7-9-18)21-13-10-17-11-14-23(3)15-12-17/h5-9,16-17H,4,10-15H2,1-3H3,(H2,20,21,22). The molecule has 1 aliphatic rings. The maximum absolute atomic E-state index is 4.77. The fourth-order valence-corrected chi connectivity index (χ4v) is 3.06. The van der Waals surface area contributed by atoms with Crippen LogP contribution >= 0.6 is 0 Å². The molecule has 0 spiro atoms. The Hall–Kier alpha value is -1.55. The summed E-state index contributed by atoms with van der Waals surface area (Å²) in [6, 6.07) is 10.8. The third-order valence-electron chi connectivity index (χ3n) is 4.64. The molecule has 0 aromatic heterocycles. The number of likely N-dealkylation sites (tertiary alicyclic amines) is 1. The van der Waals surface area contributed by atoms with E-state index in [9.17, 15) is 0 Å². The minimum atomic E-state index is 0.261. The van der Waals surface area contributed by atoms with Gasteiger partial charge in [-0.3, -0.25) is 4.99 Å². The number of nitrogens with zero attached hydrogens (tertiary/aromatic N) is 2. The molecule has 0 bridgehead atoms. The molecular formula is C19H32N4. The highest BCUT2D eigenvalue weighted by Gasteiger charge is 2.16. The van der Waals surface area contributed by atoms with Gasteiger partial charge in [0.15, 0.2) is 5.96 Å². The highest BCUT2D eigenvalue weighted by Crippen LogP contribution is 2.19. The van der Waals surface area contributed by atoms with Crippen molar-refractivity contribution >= 4 is 5.96 Å².